The molecule has 0 aromatic carbocycles. The minimum absolute atomic E-state index is 0.00687. The summed E-state index contributed by atoms with van der Waals surface area (Å²) in [6, 6.07) is 0. The molecule has 1 N–H and O–H groups in total. The predicted octanol–water partition coefficient (Wildman–Crippen LogP) is 1.02. The van der Waals surface area contributed by atoms with Crippen molar-refractivity contribution in [3.05, 3.63) is 0 Å². The van der Waals surface area contributed by atoms with Crippen molar-refractivity contribution in [2.45, 2.75) is 25.4 Å². The van der Waals surface area contributed by atoms with E-state index in [-0.39, 0.29) is 12.5 Å². The quantitative estimate of drug-likeness (QED) is 0.671. The van der Waals surface area contributed by atoms with Crippen molar-refractivity contribution in [1.82, 2.24) is 5.32 Å². The van der Waals surface area contributed by atoms with Crippen LogP contribution in [0.2, 0.25) is 0 Å². The number of hydrogen-bond donors (Lipinski definition) is 1. The van der Waals surface area contributed by atoms with Gasteiger partial charge in [0.1, 0.15) is 6.61 Å². The molecule has 0 amide bonds. The van der Waals surface area contributed by atoms with Crippen molar-refractivity contribution in [3.8, 4) is 0 Å². The Morgan fingerprint density at radius 3 is 2.55 bits per heavy atom. The molecule has 0 aliphatic carbocycles. The largest absolute Gasteiger partial charge is 0.369 e. The summed E-state index contributed by atoms with van der Waals surface area (Å²) in [7, 11) is 0. The Labute approximate surface area is 64.9 Å². The molecule has 1 heterocycles. The lowest BCUT2D eigenvalue weighted by Gasteiger charge is -2.28. The Kier molecular flexibility index (Phi) is 2.78. The summed E-state index contributed by atoms with van der Waals surface area (Å²) in [5, 5.41) is 2.95. The third-order valence-corrected chi connectivity index (χ3v) is 1.79. The standard InChI is InChI=1S/C7H13F2NO/c1-2-7(8,9)5-11-6-3-10-4-6/h6,10H,2-5H2,1H3. The van der Waals surface area contributed by atoms with Crippen molar-refractivity contribution in [2.75, 3.05) is 19.7 Å². The van der Waals surface area contributed by atoms with Gasteiger partial charge in [-0.05, 0) is 0 Å². The minimum atomic E-state index is -2.64. The highest BCUT2D eigenvalue weighted by atomic mass is 19.3. The average molecular weight is 165 g/mol. The number of alkyl halides is 2. The molecular formula is C7H13F2NO. The summed E-state index contributed by atoms with van der Waals surface area (Å²) < 4.78 is 30.0. The van der Waals surface area contributed by atoms with Crippen LogP contribution in [0.25, 0.3) is 0 Å². The summed E-state index contributed by atoms with van der Waals surface area (Å²) >= 11 is 0. The molecule has 11 heavy (non-hydrogen) atoms. The molecule has 1 aliphatic heterocycles. The molecule has 1 fully saturated rings. The fraction of sp³-hybridized carbons (Fsp3) is 1.00. The van der Waals surface area contributed by atoms with Crippen molar-refractivity contribution in [3.63, 3.8) is 0 Å². The molecule has 66 valence electrons. The van der Waals surface area contributed by atoms with E-state index >= 15 is 0 Å². The first-order valence-electron chi connectivity index (χ1n) is 3.84. The van der Waals surface area contributed by atoms with Crippen molar-refractivity contribution >= 4 is 0 Å². The number of halogens is 2. The summed E-state index contributed by atoms with van der Waals surface area (Å²) in [6.45, 7) is 2.44. The fourth-order valence-electron chi connectivity index (χ4n) is 0.722. The zero-order chi connectivity index (χ0) is 8.32. The Bertz CT molecular complexity index is 126. The van der Waals surface area contributed by atoms with Crippen LogP contribution in [-0.4, -0.2) is 31.7 Å². The molecule has 0 saturated carbocycles. The van der Waals surface area contributed by atoms with Crippen LogP contribution in [0.4, 0.5) is 8.78 Å². The second-order valence-electron chi connectivity index (χ2n) is 2.80. The van der Waals surface area contributed by atoms with Gasteiger partial charge in [-0.1, -0.05) is 6.92 Å². The van der Waals surface area contributed by atoms with Crippen LogP contribution in [0, 0.1) is 0 Å². The van der Waals surface area contributed by atoms with Gasteiger partial charge in [0.05, 0.1) is 6.10 Å². The first-order valence-corrected chi connectivity index (χ1v) is 3.84. The van der Waals surface area contributed by atoms with Crippen LogP contribution >= 0.6 is 0 Å². The third-order valence-electron chi connectivity index (χ3n) is 1.79. The number of nitrogens with one attached hydrogen (secondary N) is 1. The molecule has 2 nitrogen and oxygen atoms in total. The lowest BCUT2D eigenvalue weighted by atomic mass is 10.2. The summed E-state index contributed by atoms with van der Waals surface area (Å²) in [5.41, 5.74) is 0. The monoisotopic (exact) mass is 165 g/mol. The molecule has 0 unspecified atom stereocenters. The molecule has 0 radical (unpaired) electrons. The van der Waals surface area contributed by atoms with Crippen molar-refractivity contribution in [1.29, 1.82) is 0 Å². The van der Waals surface area contributed by atoms with Gasteiger partial charge in [0, 0.05) is 19.5 Å². The Hall–Kier alpha value is -0.220. The van der Waals surface area contributed by atoms with E-state index in [0.717, 1.165) is 0 Å². The highest BCUT2D eigenvalue weighted by Crippen LogP contribution is 2.18. The van der Waals surface area contributed by atoms with E-state index < -0.39 is 12.5 Å². The maximum Gasteiger partial charge on any atom is 0.270 e. The molecule has 1 aliphatic rings. The normalized spacial score (nSPS) is 19.9. The van der Waals surface area contributed by atoms with Crippen LogP contribution < -0.4 is 5.32 Å². The highest BCUT2D eigenvalue weighted by Gasteiger charge is 2.29. The molecule has 0 atom stereocenters. The topological polar surface area (TPSA) is 21.3 Å². The molecule has 1 rings (SSSR count). The summed E-state index contributed by atoms with van der Waals surface area (Å²) in [4.78, 5) is 0. The van der Waals surface area contributed by atoms with E-state index in [9.17, 15) is 8.78 Å². The lowest BCUT2D eigenvalue weighted by Crippen LogP contribution is -2.49. The molecule has 1 saturated heterocycles. The average Bonchev–Trinajstić information content (AvgIpc) is 1.84. The zero-order valence-electron chi connectivity index (χ0n) is 6.57. The Balaban J connectivity index is 2.09. The van der Waals surface area contributed by atoms with Crippen LogP contribution in [0.1, 0.15) is 13.3 Å². The van der Waals surface area contributed by atoms with Crippen molar-refractivity contribution in [2.24, 2.45) is 0 Å². The second kappa shape index (κ2) is 3.45. The van der Waals surface area contributed by atoms with Gasteiger partial charge in [0.25, 0.3) is 5.92 Å². The number of hydrogen-bond acceptors (Lipinski definition) is 2. The first kappa shape index (κ1) is 8.87. The molecule has 0 aromatic rings. The molecule has 0 spiro atoms. The smallest absolute Gasteiger partial charge is 0.270 e. The van der Waals surface area contributed by atoms with Gasteiger partial charge in [-0.25, -0.2) is 8.78 Å². The molecule has 4 heteroatoms. The van der Waals surface area contributed by atoms with E-state index in [2.05, 4.69) is 5.32 Å². The zero-order valence-corrected chi connectivity index (χ0v) is 6.57. The number of rotatable bonds is 4. The Morgan fingerprint density at radius 1 is 1.55 bits per heavy atom. The van der Waals surface area contributed by atoms with Crippen LogP contribution in [0.5, 0.6) is 0 Å². The minimum Gasteiger partial charge on any atom is -0.369 e. The van der Waals surface area contributed by atoms with E-state index in [0.29, 0.717) is 13.1 Å². The lowest BCUT2D eigenvalue weighted by molar-refractivity contribution is -0.110. The summed E-state index contributed by atoms with van der Waals surface area (Å²) in [6.07, 6.45) is -0.139. The second-order valence-corrected chi connectivity index (χ2v) is 2.80. The maximum atomic E-state index is 12.5. The SMILES string of the molecule is CCC(F)(F)COC1CNC1. The first-order chi connectivity index (χ1) is 5.14. The van der Waals surface area contributed by atoms with Crippen LogP contribution in [0.15, 0.2) is 0 Å². The van der Waals surface area contributed by atoms with E-state index in [1.165, 1.54) is 6.92 Å². The molecule has 0 bridgehead atoms. The van der Waals surface area contributed by atoms with Crippen molar-refractivity contribution < 1.29 is 13.5 Å². The van der Waals surface area contributed by atoms with Gasteiger partial charge in [0.2, 0.25) is 0 Å². The third kappa shape index (κ3) is 2.71. The summed E-state index contributed by atoms with van der Waals surface area (Å²) in [5.74, 6) is -2.64. The molecular weight excluding hydrogens is 152 g/mol. The van der Waals surface area contributed by atoms with Crippen LogP contribution in [0.3, 0.4) is 0 Å². The van der Waals surface area contributed by atoms with Gasteiger partial charge < -0.3 is 10.1 Å². The van der Waals surface area contributed by atoms with E-state index in [1.807, 2.05) is 0 Å². The van der Waals surface area contributed by atoms with Gasteiger partial charge in [-0.15, -0.1) is 0 Å². The van der Waals surface area contributed by atoms with Gasteiger partial charge >= 0.3 is 0 Å². The van der Waals surface area contributed by atoms with Gasteiger partial charge in [0.15, 0.2) is 0 Å². The predicted molar refractivity (Wildman–Crippen MR) is 37.8 cm³/mol. The maximum absolute atomic E-state index is 12.5. The van der Waals surface area contributed by atoms with Gasteiger partial charge in [-0.3, -0.25) is 0 Å². The highest BCUT2D eigenvalue weighted by molar-refractivity contribution is 4.76. The molecule has 0 aromatic heterocycles. The fourth-order valence-corrected chi connectivity index (χ4v) is 0.722. The van der Waals surface area contributed by atoms with Crippen LogP contribution in [-0.2, 0) is 4.74 Å². The Morgan fingerprint density at radius 2 is 2.18 bits per heavy atom. The number of ether oxygens (including phenoxy) is 1. The van der Waals surface area contributed by atoms with E-state index in [1.54, 1.807) is 0 Å². The van der Waals surface area contributed by atoms with E-state index in [4.69, 9.17) is 4.74 Å². The van der Waals surface area contributed by atoms with Gasteiger partial charge in [-0.2, -0.15) is 0 Å².